The molecule has 130 valence electrons. The highest BCUT2D eigenvalue weighted by molar-refractivity contribution is 6.30. The predicted molar refractivity (Wildman–Crippen MR) is 105 cm³/mol. The van der Waals surface area contributed by atoms with Gasteiger partial charge in [0.1, 0.15) is 0 Å². The molecule has 5 heteroatoms. The van der Waals surface area contributed by atoms with E-state index in [1.165, 1.54) is 10.5 Å². The Kier molecular flexibility index (Phi) is 4.27. The standard InChI is InChI=1S/C21H17ClN2O2/c22-16-10-11-18-15(14-16)12-13-23(18)19-8-4-5-9-20(19)24(21(25)26)17-6-2-1-3-7-17/h1-11,14H,12-13H2,(H,25,26). The predicted octanol–water partition coefficient (Wildman–Crippen LogP) is 5.85. The molecular formula is C21H17ClN2O2. The molecule has 3 aromatic rings. The summed E-state index contributed by atoms with van der Waals surface area (Å²) in [6.07, 6.45) is -0.137. The lowest BCUT2D eigenvalue weighted by molar-refractivity contribution is 0.205. The number of amides is 1. The average Bonchev–Trinajstić information content (AvgIpc) is 3.06. The fourth-order valence-corrected chi connectivity index (χ4v) is 3.63. The first-order valence-corrected chi connectivity index (χ1v) is 8.76. The molecule has 0 aliphatic carbocycles. The number of hydrogen-bond donors (Lipinski definition) is 1. The third kappa shape index (κ3) is 2.89. The molecule has 0 fully saturated rings. The Labute approximate surface area is 156 Å². The van der Waals surface area contributed by atoms with Crippen molar-refractivity contribution in [2.24, 2.45) is 0 Å². The summed E-state index contributed by atoms with van der Waals surface area (Å²) in [4.78, 5) is 15.5. The van der Waals surface area contributed by atoms with Crippen molar-refractivity contribution in [3.05, 3.63) is 83.4 Å². The van der Waals surface area contributed by atoms with E-state index in [1.54, 1.807) is 12.1 Å². The van der Waals surface area contributed by atoms with Gasteiger partial charge in [0.15, 0.2) is 0 Å². The van der Waals surface area contributed by atoms with Crippen molar-refractivity contribution in [2.75, 3.05) is 16.3 Å². The highest BCUT2D eigenvalue weighted by Crippen LogP contribution is 2.42. The van der Waals surface area contributed by atoms with Crippen molar-refractivity contribution in [3.63, 3.8) is 0 Å². The smallest absolute Gasteiger partial charge is 0.416 e. The summed E-state index contributed by atoms with van der Waals surface area (Å²) in [5.41, 5.74) is 4.35. The summed E-state index contributed by atoms with van der Waals surface area (Å²) in [6.45, 7) is 0.787. The Hall–Kier alpha value is -2.98. The fraction of sp³-hybridized carbons (Fsp3) is 0.0952. The quantitative estimate of drug-likeness (QED) is 0.633. The number of benzene rings is 3. The molecule has 1 amide bonds. The maximum atomic E-state index is 12.0. The first kappa shape index (κ1) is 16.5. The Bertz CT molecular complexity index is 959. The molecule has 0 unspecified atom stereocenters. The van der Waals surface area contributed by atoms with Crippen LogP contribution in [0.15, 0.2) is 72.8 Å². The van der Waals surface area contributed by atoms with Crippen molar-refractivity contribution >= 4 is 40.4 Å². The first-order chi connectivity index (χ1) is 12.6. The van der Waals surface area contributed by atoms with Gasteiger partial charge in [-0.3, -0.25) is 0 Å². The van der Waals surface area contributed by atoms with Gasteiger partial charge in [0.25, 0.3) is 0 Å². The van der Waals surface area contributed by atoms with E-state index in [2.05, 4.69) is 4.90 Å². The molecule has 0 aromatic heterocycles. The van der Waals surface area contributed by atoms with Crippen molar-refractivity contribution in [1.82, 2.24) is 0 Å². The van der Waals surface area contributed by atoms with Gasteiger partial charge in [0, 0.05) is 17.3 Å². The number of halogens is 1. The highest BCUT2D eigenvalue weighted by Gasteiger charge is 2.26. The van der Waals surface area contributed by atoms with Gasteiger partial charge in [-0.15, -0.1) is 0 Å². The van der Waals surface area contributed by atoms with Gasteiger partial charge in [-0.25, -0.2) is 9.69 Å². The van der Waals surface area contributed by atoms with E-state index < -0.39 is 6.09 Å². The number of anilines is 4. The molecule has 1 aliphatic rings. The average molecular weight is 365 g/mol. The number of hydrogen-bond acceptors (Lipinski definition) is 2. The van der Waals surface area contributed by atoms with Gasteiger partial charge in [-0.2, -0.15) is 0 Å². The molecule has 0 bridgehead atoms. The van der Waals surface area contributed by atoms with Gasteiger partial charge >= 0.3 is 6.09 Å². The third-order valence-electron chi connectivity index (χ3n) is 4.56. The molecule has 1 N–H and O–H groups in total. The number of fused-ring (bicyclic) bond motifs is 1. The summed E-state index contributed by atoms with van der Waals surface area (Å²) in [6, 6.07) is 22.5. The van der Waals surface area contributed by atoms with Crippen molar-refractivity contribution in [1.29, 1.82) is 0 Å². The third-order valence-corrected chi connectivity index (χ3v) is 4.79. The van der Waals surface area contributed by atoms with Crippen LogP contribution in [0.3, 0.4) is 0 Å². The van der Waals surface area contributed by atoms with Gasteiger partial charge in [-0.1, -0.05) is 41.9 Å². The van der Waals surface area contributed by atoms with E-state index in [4.69, 9.17) is 11.6 Å². The van der Waals surface area contributed by atoms with E-state index in [0.717, 1.165) is 29.4 Å². The minimum atomic E-state index is -1.01. The number of rotatable bonds is 3. The largest absolute Gasteiger partial charge is 0.464 e. The second-order valence-corrected chi connectivity index (χ2v) is 6.55. The molecule has 0 radical (unpaired) electrons. The van der Waals surface area contributed by atoms with Crippen LogP contribution in [0.25, 0.3) is 0 Å². The zero-order valence-electron chi connectivity index (χ0n) is 14.0. The SMILES string of the molecule is O=C(O)N(c1ccccc1)c1ccccc1N1CCc2cc(Cl)ccc21. The van der Waals surface area contributed by atoms with Crippen LogP contribution >= 0.6 is 11.6 Å². The zero-order chi connectivity index (χ0) is 18.1. The van der Waals surface area contributed by atoms with Crippen molar-refractivity contribution in [2.45, 2.75) is 6.42 Å². The molecule has 0 atom stereocenters. The monoisotopic (exact) mass is 364 g/mol. The lowest BCUT2D eigenvalue weighted by Crippen LogP contribution is -2.26. The van der Waals surface area contributed by atoms with Crippen LogP contribution in [-0.2, 0) is 6.42 Å². The number of para-hydroxylation sites is 3. The second kappa shape index (κ2) is 6.73. The van der Waals surface area contributed by atoms with Gasteiger partial charge < -0.3 is 10.0 Å². The lowest BCUT2D eigenvalue weighted by atomic mass is 10.1. The Morgan fingerprint density at radius 1 is 0.962 bits per heavy atom. The van der Waals surface area contributed by atoms with Crippen LogP contribution in [0.4, 0.5) is 27.5 Å². The van der Waals surface area contributed by atoms with Gasteiger partial charge in [0.05, 0.1) is 17.1 Å². The van der Waals surface area contributed by atoms with Crippen LogP contribution in [0.5, 0.6) is 0 Å². The minimum absolute atomic E-state index is 0.614. The zero-order valence-corrected chi connectivity index (χ0v) is 14.7. The lowest BCUT2D eigenvalue weighted by Gasteiger charge is -2.28. The van der Waals surface area contributed by atoms with Crippen LogP contribution in [0.1, 0.15) is 5.56 Å². The molecule has 26 heavy (non-hydrogen) atoms. The first-order valence-electron chi connectivity index (χ1n) is 8.38. The molecule has 4 nitrogen and oxygen atoms in total. The van der Waals surface area contributed by atoms with Gasteiger partial charge in [-0.05, 0) is 54.4 Å². The Morgan fingerprint density at radius 3 is 2.46 bits per heavy atom. The fourth-order valence-electron chi connectivity index (χ4n) is 3.43. The van der Waals surface area contributed by atoms with Gasteiger partial charge in [0.2, 0.25) is 0 Å². The van der Waals surface area contributed by atoms with Crippen LogP contribution in [0.2, 0.25) is 5.02 Å². The molecule has 1 heterocycles. The summed E-state index contributed by atoms with van der Waals surface area (Å²) in [7, 11) is 0. The minimum Gasteiger partial charge on any atom is -0.464 e. The maximum absolute atomic E-state index is 12.0. The Morgan fingerprint density at radius 2 is 1.69 bits per heavy atom. The van der Waals surface area contributed by atoms with Crippen molar-refractivity contribution in [3.8, 4) is 0 Å². The molecule has 0 saturated heterocycles. The van der Waals surface area contributed by atoms with Crippen LogP contribution in [-0.4, -0.2) is 17.7 Å². The number of carboxylic acid groups (broad SMARTS) is 1. The summed E-state index contributed by atoms with van der Waals surface area (Å²) < 4.78 is 0. The van der Waals surface area contributed by atoms with Crippen LogP contribution < -0.4 is 9.80 Å². The second-order valence-electron chi connectivity index (χ2n) is 6.12. The molecule has 0 spiro atoms. The van der Waals surface area contributed by atoms with Crippen LogP contribution in [0, 0.1) is 0 Å². The molecule has 1 aliphatic heterocycles. The van der Waals surface area contributed by atoms with E-state index in [9.17, 15) is 9.90 Å². The van der Waals surface area contributed by atoms with E-state index >= 15 is 0 Å². The number of carbonyl (C=O) groups is 1. The van der Waals surface area contributed by atoms with Crippen molar-refractivity contribution < 1.29 is 9.90 Å². The molecule has 0 saturated carbocycles. The molecule has 3 aromatic carbocycles. The summed E-state index contributed by atoms with van der Waals surface area (Å²) in [5, 5.41) is 10.6. The number of nitrogens with zero attached hydrogens (tertiary/aromatic N) is 2. The maximum Gasteiger partial charge on any atom is 0.416 e. The molecule has 4 rings (SSSR count). The molecular weight excluding hydrogens is 348 g/mol. The summed E-state index contributed by atoms with van der Waals surface area (Å²) >= 11 is 6.12. The highest BCUT2D eigenvalue weighted by atomic mass is 35.5. The normalized spacial score (nSPS) is 12.7. The topological polar surface area (TPSA) is 43.8 Å². The van der Waals surface area contributed by atoms with E-state index in [0.29, 0.717) is 11.4 Å². The summed E-state index contributed by atoms with van der Waals surface area (Å²) in [5.74, 6) is 0. The van der Waals surface area contributed by atoms with E-state index in [-0.39, 0.29) is 0 Å². The Balaban J connectivity index is 1.83. The van der Waals surface area contributed by atoms with E-state index in [1.807, 2.05) is 60.7 Å².